The van der Waals surface area contributed by atoms with E-state index in [0.717, 1.165) is 31.1 Å². The van der Waals surface area contributed by atoms with Crippen molar-refractivity contribution in [2.24, 2.45) is 0 Å². The minimum atomic E-state index is 0.601. The maximum Gasteiger partial charge on any atom is 0.126 e. The second-order valence-electron chi connectivity index (χ2n) is 4.65. The van der Waals surface area contributed by atoms with Crippen LogP contribution in [-0.4, -0.2) is 29.0 Å². The summed E-state index contributed by atoms with van der Waals surface area (Å²) < 4.78 is 0. The van der Waals surface area contributed by atoms with Crippen LogP contribution < -0.4 is 5.32 Å². The number of nitriles is 1. The van der Waals surface area contributed by atoms with E-state index in [-0.39, 0.29) is 0 Å². The number of aromatic nitrogens is 1. The molecule has 4 heteroatoms. The number of pyridine rings is 1. The average Bonchev–Trinajstić information content (AvgIpc) is 3.19. The summed E-state index contributed by atoms with van der Waals surface area (Å²) in [5, 5.41) is 11.9. The summed E-state index contributed by atoms with van der Waals surface area (Å²) in [6.07, 6.45) is 3.13. The molecule has 0 unspecified atom stereocenters. The number of hydrogen-bond donors (Lipinski definition) is 1. The molecule has 0 aromatic carbocycles. The Morgan fingerprint density at radius 3 is 3.00 bits per heavy atom. The van der Waals surface area contributed by atoms with Gasteiger partial charge in [-0.1, -0.05) is 6.07 Å². The molecule has 0 spiro atoms. The van der Waals surface area contributed by atoms with E-state index in [4.69, 9.17) is 5.26 Å². The summed E-state index contributed by atoms with van der Waals surface area (Å²) in [5.41, 5.74) is 1.08. The monoisotopic (exact) mass is 244 g/mol. The van der Waals surface area contributed by atoms with Crippen LogP contribution in [-0.2, 0) is 6.54 Å². The molecule has 0 radical (unpaired) electrons. The standard InChI is InChI=1S/C14H20N4/c1-2-16-14-6-3-5-12(17-14)11-18(10-4-9-15)13-7-8-13/h3,5-6,13H,2,4,7-8,10-11H2,1H3,(H,16,17). The predicted molar refractivity (Wildman–Crippen MR) is 72.1 cm³/mol. The molecule has 4 nitrogen and oxygen atoms in total. The highest BCUT2D eigenvalue weighted by atomic mass is 15.2. The molecule has 0 saturated heterocycles. The minimum Gasteiger partial charge on any atom is -0.370 e. The quantitative estimate of drug-likeness (QED) is 0.800. The van der Waals surface area contributed by atoms with Gasteiger partial charge in [-0.05, 0) is 31.9 Å². The third kappa shape index (κ3) is 3.71. The number of hydrogen-bond acceptors (Lipinski definition) is 4. The molecular weight excluding hydrogens is 224 g/mol. The number of nitrogens with one attached hydrogen (secondary N) is 1. The Balaban J connectivity index is 1.97. The molecule has 96 valence electrons. The van der Waals surface area contributed by atoms with Crippen molar-refractivity contribution in [2.75, 3.05) is 18.4 Å². The molecule has 0 amide bonds. The molecule has 1 aliphatic rings. The topological polar surface area (TPSA) is 52.0 Å². The fourth-order valence-corrected chi connectivity index (χ4v) is 2.08. The zero-order chi connectivity index (χ0) is 12.8. The second-order valence-corrected chi connectivity index (χ2v) is 4.65. The highest BCUT2D eigenvalue weighted by Gasteiger charge is 2.28. The van der Waals surface area contributed by atoms with Crippen LogP contribution in [0.5, 0.6) is 0 Å². The molecule has 18 heavy (non-hydrogen) atoms. The van der Waals surface area contributed by atoms with Crippen LogP contribution in [0.4, 0.5) is 5.82 Å². The van der Waals surface area contributed by atoms with Gasteiger partial charge in [0.25, 0.3) is 0 Å². The Morgan fingerprint density at radius 2 is 2.33 bits per heavy atom. The van der Waals surface area contributed by atoms with Crippen LogP contribution >= 0.6 is 0 Å². The summed E-state index contributed by atoms with van der Waals surface area (Å²) in [4.78, 5) is 6.96. The van der Waals surface area contributed by atoms with Crippen molar-refractivity contribution < 1.29 is 0 Å². The lowest BCUT2D eigenvalue weighted by atomic mass is 10.3. The third-order valence-corrected chi connectivity index (χ3v) is 3.10. The molecule has 1 N–H and O–H groups in total. The van der Waals surface area contributed by atoms with E-state index in [1.807, 2.05) is 12.1 Å². The molecule has 2 rings (SSSR count). The molecule has 0 atom stereocenters. The van der Waals surface area contributed by atoms with Gasteiger partial charge in [0, 0.05) is 32.1 Å². The molecule has 1 aliphatic carbocycles. The molecule has 1 heterocycles. The molecule has 1 aromatic rings. The predicted octanol–water partition coefficient (Wildman–Crippen LogP) is 2.39. The van der Waals surface area contributed by atoms with Gasteiger partial charge in [0.15, 0.2) is 0 Å². The largest absolute Gasteiger partial charge is 0.370 e. The maximum atomic E-state index is 8.70. The lowest BCUT2D eigenvalue weighted by Gasteiger charge is -2.20. The third-order valence-electron chi connectivity index (χ3n) is 3.10. The number of nitrogens with zero attached hydrogens (tertiary/aromatic N) is 3. The first-order valence-corrected chi connectivity index (χ1v) is 6.64. The molecule has 1 saturated carbocycles. The summed E-state index contributed by atoms with van der Waals surface area (Å²) in [5.74, 6) is 0.936. The summed E-state index contributed by atoms with van der Waals surface area (Å²) >= 11 is 0. The number of anilines is 1. The van der Waals surface area contributed by atoms with Crippen LogP contribution in [0.2, 0.25) is 0 Å². The van der Waals surface area contributed by atoms with Gasteiger partial charge in [0.1, 0.15) is 5.82 Å². The fourth-order valence-electron chi connectivity index (χ4n) is 2.08. The van der Waals surface area contributed by atoms with Crippen molar-refractivity contribution in [3.05, 3.63) is 23.9 Å². The Morgan fingerprint density at radius 1 is 1.50 bits per heavy atom. The molecule has 0 bridgehead atoms. The van der Waals surface area contributed by atoms with Gasteiger partial charge in [-0.3, -0.25) is 4.90 Å². The van der Waals surface area contributed by atoms with Gasteiger partial charge < -0.3 is 5.32 Å². The van der Waals surface area contributed by atoms with Crippen LogP contribution in [0.25, 0.3) is 0 Å². The van der Waals surface area contributed by atoms with Crippen LogP contribution in [0.15, 0.2) is 18.2 Å². The SMILES string of the molecule is CCNc1cccc(CN(CCC#N)C2CC2)n1. The summed E-state index contributed by atoms with van der Waals surface area (Å²) in [7, 11) is 0. The molecule has 1 fully saturated rings. The van der Waals surface area contributed by atoms with Crippen LogP contribution in [0, 0.1) is 11.3 Å². The first kappa shape index (κ1) is 12.8. The molecule has 0 aliphatic heterocycles. The van der Waals surface area contributed by atoms with E-state index < -0.39 is 0 Å². The summed E-state index contributed by atoms with van der Waals surface area (Å²) in [6, 6.07) is 8.98. The van der Waals surface area contributed by atoms with E-state index in [0.29, 0.717) is 12.5 Å². The Bertz CT molecular complexity index is 420. The average molecular weight is 244 g/mol. The van der Waals surface area contributed by atoms with Crippen molar-refractivity contribution >= 4 is 5.82 Å². The smallest absolute Gasteiger partial charge is 0.126 e. The Labute approximate surface area is 109 Å². The highest BCUT2D eigenvalue weighted by Crippen LogP contribution is 2.28. The van der Waals surface area contributed by atoms with Gasteiger partial charge in [-0.2, -0.15) is 5.26 Å². The first-order valence-electron chi connectivity index (χ1n) is 6.64. The van der Waals surface area contributed by atoms with Gasteiger partial charge in [-0.25, -0.2) is 4.98 Å². The van der Waals surface area contributed by atoms with Gasteiger partial charge in [-0.15, -0.1) is 0 Å². The van der Waals surface area contributed by atoms with Crippen molar-refractivity contribution in [3.63, 3.8) is 0 Å². The summed E-state index contributed by atoms with van der Waals surface area (Å²) in [6.45, 7) is 4.66. The van der Waals surface area contributed by atoms with E-state index in [1.54, 1.807) is 0 Å². The zero-order valence-corrected chi connectivity index (χ0v) is 10.9. The van der Waals surface area contributed by atoms with E-state index in [1.165, 1.54) is 12.8 Å². The van der Waals surface area contributed by atoms with E-state index in [2.05, 4.69) is 34.3 Å². The molecule has 1 aromatic heterocycles. The van der Waals surface area contributed by atoms with Crippen LogP contribution in [0.3, 0.4) is 0 Å². The van der Waals surface area contributed by atoms with Crippen molar-refractivity contribution in [3.8, 4) is 6.07 Å². The van der Waals surface area contributed by atoms with Gasteiger partial charge >= 0.3 is 0 Å². The second kappa shape index (κ2) is 6.36. The van der Waals surface area contributed by atoms with Crippen molar-refractivity contribution in [2.45, 2.75) is 38.8 Å². The maximum absolute atomic E-state index is 8.70. The van der Waals surface area contributed by atoms with Gasteiger partial charge in [0.05, 0.1) is 11.8 Å². The van der Waals surface area contributed by atoms with Gasteiger partial charge in [0.2, 0.25) is 0 Å². The van der Waals surface area contributed by atoms with Crippen molar-refractivity contribution in [1.82, 2.24) is 9.88 Å². The lowest BCUT2D eigenvalue weighted by molar-refractivity contribution is 0.258. The normalized spacial score (nSPS) is 14.5. The Hall–Kier alpha value is -1.60. The zero-order valence-electron chi connectivity index (χ0n) is 10.9. The van der Waals surface area contributed by atoms with Crippen molar-refractivity contribution in [1.29, 1.82) is 5.26 Å². The molecular formula is C14H20N4. The van der Waals surface area contributed by atoms with E-state index in [9.17, 15) is 0 Å². The first-order chi connectivity index (χ1) is 8.83. The Kier molecular flexibility index (Phi) is 4.54. The highest BCUT2D eigenvalue weighted by molar-refractivity contribution is 5.35. The number of rotatable bonds is 7. The van der Waals surface area contributed by atoms with Crippen LogP contribution in [0.1, 0.15) is 31.9 Å². The fraction of sp³-hybridized carbons (Fsp3) is 0.571. The lowest BCUT2D eigenvalue weighted by Crippen LogP contribution is -2.27. The minimum absolute atomic E-state index is 0.601. The van der Waals surface area contributed by atoms with E-state index >= 15 is 0 Å².